The molecule has 168 valence electrons. The Morgan fingerprint density at radius 1 is 1.12 bits per heavy atom. The summed E-state index contributed by atoms with van der Waals surface area (Å²) in [4.78, 5) is 23.6. The van der Waals surface area contributed by atoms with Crippen LogP contribution < -0.4 is 10.2 Å². The van der Waals surface area contributed by atoms with Crippen LogP contribution in [-0.2, 0) is 22.4 Å². The van der Waals surface area contributed by atoms with Crippen LogP contribution in [-0.4, -0.2) is 48.0 Å². The average Bonchev–Trinajstić information content (AvgIpc) is 3.39. The number of anilines is 1. The number of aromatic nitrogens is 2. The molecular formula is C24H20F2N4O3. The molecule has 2 saturated heterocycles. The lowest BCUT2D eigenvalue weighted by Gasteiger charge is -2.44. The van der Waals surface area contributed by atoms with Gasteiger partial charge >= 0.3 is 0 Å². The second kappa shape index (κ2) is 7.57. The fraction of sp³-hybridized carbons (Fsp3) is 0.292. The molecule has 7 nitrogen and oxygen atoms in total. The van der Waals surface area contributed by atoms with Crippen molar-refractivity contribution >= 4 is 11.6 Å². The number of ether oxygens (including phenoxy) is 2. The van der Waals surface area contributed by atoms with E-state index in [1.54, 1.807) is 12.3 Å². The molecule has 2 aromatic heterocycles. The molecule has 0 atom stereocenters. The molecule has 2 fully saturated rings. The van der Waals surface area contributed by atoms with E-state index in [-0.39, 0.29) is 23.7 Å². The average molecular weight is 450 g/mol. The van der Waals surface area contributed by atoms with E-state index in [0.29, 0.717) is 43.1 Å². The summed E-state index contributed by atoms with van der Waals surface area (Å²) in [6, 6.07) is 9.14. The quantitative estimate of drug-likeness (QED) is 0.659. The van der Waals surface area contributed by atoms with E-state index >= 15 is 0 Å². The van der Waals surface area contributed by atoms with E-state index in [4.69, 9.17) is 9.47 Å². The molecule has 0 bridgehead atoms. The first-order valence-electron chi connectivity index (χ1n) is 10.7. The molecule has 3 aliphatic heterocycles. The van der Waals surface area contributed by atoms with Crippen LogP contribution in [0.3, 0.4) is 0 Å². The van der Waals surface area contributed by atoms with Crippen LogP contribution in [0.15, 0.2) is 42.6 Å². The van der Waals surface area contributed by atoms with Gasteiger partial charge in [-0.25, -0.2) is 13.8 Å². The number of nitrogens with zero attached hydrogens (tertiary/aromatic N) is 3. The van der Waals surface area contributed by atoms with Crippen molar-refractivity contribution in [2.45, 2.75) is 18.7 Å². The number of fused-ring (bicyclic) bond motifs is 1. The highest BCUT2D eigenvalue weighted by atomic mass is 19.1. The van der Waals surface area contributed by atoms with Gasteiger partial charge in [-0.1, -0.05) is 6.07 Å². The number of rotatable bonds is 4. The van der Waals surface area contributed by atoms with Crippen LogP contribution in [0, 0.1) is 11.6 Å². The van der Waals surface area contributed by atoms with Crippen molar-refractivity contribution in [3.63, 3.8) is 0 Å². The molecule has 0 aliphatic carbocycles. The molecule has 3 aliphatic rings. The lowest BCUT2D eigenvalue weighted by molar-refractivity contribution is -0.182. The second-order valence-corrected chi connectivity index (χ2v) is 8.39. The zero-order valence-corrected chi connectivity index (χ0v) is 17.6. The second-order valence-electron chi connectivity index (χ2n) is 8.39. The molecule has 5 heterocycles. The van der Waals surface area contributed by atoms with Crippen LogP contribution in [0.25, 0.3) is 11.3 Å². The Morgan fingerprint density at radius 2 is 1.94 bits per heavy atom. The Kier molecular flexibility index (Phi) is 4.63. The summed E-state index contributed by atoms with van der Waals surface area (Å²) in [5.41, 5.74) is 2.78. The Balaban J connectivity index is 1.34. The zero-order valence-electron chi connectivity index (χ0n) is 17.6. The smallest absolute Gasteiger partial charge is 0.253 e. The molecule has 33 heavy (non-hydrogen) atoms. The van der Waals surface area contributed by atoms with Gasteiger partial charge in [-0.2, -0.15) is 0 Å². The van der Waals surface area contributed by atoms with Gasteiger partial charge < -0.3 is 19.7 Å². The van der Waals surface area contributed by atoms with Gasteiger partial charge in [0.25, 0.3) is 5.91 Å². The molecule has 1 N–H and O–H groups in total. The Labute approximate surface area is 188 Å². The molecule has 0 saturated carbocycles. The summed E-state index contributed by atoms with van der Waals surface area (Å²) in [7, 11) is 0. The van der Waals surface area contributed by atoms with E-state index in [9.17, 15) is 13.6 Å². The maximum atomic E-state index is 14.4. The normalized spacial score (nSPS) is 18.4. The van der Waals surface area contributed by atoms with Crippen LogP contribution in [0.5, 0.6) is 0 Å². The van der Waals surface area contributed by atoms with Gasteiger partial charge in [0.05, 0.1) is 60.8 Å². The fourth-order valence-electron chi connectivity index (χ4n) is 4.69. The van der Waals surface area contributed by atoms with Crippen molar-refractivity contribution in [2.24, 2.45) is 0 Å². The highest BCUT2D eigenvalue weighted by molar-refractivity contribution is 5.99. The lowest BCUT2D eigenvalue weighted by Crippen LogP contribution is -2.60. The first-order valence-corrected chi connectivity index (χ1v) is 10.7. The predicted octanol–water partition coefficient (Wildman–Crippen LogP) is 2.82. The number of nitrogens with one attached hydrogen (secondary N) is 1. The molecule has 9 heteroatoms. The highest BCUT2D eigenvalue weighted by Crippen LogP contribution is 2.35. The van der Waals surface area contributed by atoms with E-state index in [0.717, 1.165) is 17.9 Å². The minimum absolute atomic E-state index is 0.161. The largest absolute Gasteiger partial charge is 0.371 e. The van der Waals surface area contributed by atoms with Gasteiger partial charge in [-0.05, 0) is 35.9 Å². The fourth-order valence-corrected chi connectivity index (χ4v) is 4.69. The molecule has 0 unspecified atom stereocenters. The van der Waals surface area contributed by atoms with Gasteiger partial charge in [0.15, 0.2) is 5.72 Å². The van der Waals surface area contributed by atoms with Crippen molar-refractivity contribution < 1.29 is 23.0 Å². The van der Waals surface area contributed by atoms with Crippen LogP contribution in [0.2, 0.25) is 0 Å². The molecule has 0 radical (unpaired) electrons. The Hall–Kier alpha value is -3.43. The first-order chi connectivity index (χ1) is 16.0. The summed E-state index contributed by atoms with van der Waals surface area (Å²) in [5, 5.41) is 2.75. The van der Waals surface area contributed by atoms with Crippen molar-refractivity contribution in [2.75, 3.05) is 31.3 Å². The van der Waals surface area contributed by atoms with Crippen molar-refractivity contribution in [3.05, 3.63) is 76.7 Å². The van der Waals surface area contributed by atoms with Gasteiger partial charge in [0.1, 0.15) is 11.6 Å². The molecule has 6 rings (SSSR count). The first kappa shape index (κ1) is 20.2. The summed E-state index contributed by atoms with van der Waals surface area (Å²) >= 11 is 0. The monoisotopic (exact) mass is 450 g/mol. The summed E-state index contributed by atoms with van der Waals surface area (Å²) in [5.74, 6) is -1.64. The van der Waals surface area contributed by atoms with Gasteiger partial charge in [-0.15, -0.1) is 0 Å². The zero-order chi connectivity index (χ0) is 22.6. The summed E-state index contributed by atoms with van der Waals surface area (Å²) in [6.07, 6.45) is 2.11. The van der Waals surface area contributed by atoms with Gasteiger partial charge in [0.2, 0.25) is 0 Å². The Morgan fingerprint density at radius 3 is 2.64 bits per heavy atom. The molecule has 1 spiro atoms. The van der Waals surface area contributed by atoms with E-state index in [2.05, 4.69) is 20.2 Å². The number of amides is 1. The standard InChI is InChI=1S/C24H20F2N4O3/c25-17-2-1-3-18(26)22(17)19-9-14(21-20(29-19)11-28-23(21)31)8-15-4-5-16(10-27-15)30-6-7-33-24(30)12-32-13-24/h1-5,9-10H,6-8,11-13H2,(H,28,31). The molecular weight excluding hydrogens is 430 g/mol. The minimum Gasteiger partial charge on any atom is -0.371 e. The summed E-state index contributed by atoms with van der Waals surface area (Å²) < 4.78 is 40.0. The number of pyridine rings is 2. The van der Waals surface area contributed by atoms with E-state index in [1.807, 2.05) is 12.1 Å². The number of halogens is 2. The number of carbonyl (C=O) groups excluding carboxylic acids is 1. The lowest BCUT2D eigenvalue weighted by atomic mass is 9.98. The maximum Gasteiger partial charge on any atom is 0.253 e. The summed E-state index contributed by atoms with van der Waals surface area (Å²) in [6.45, 7) is 2.68. The molecule has 1 amide bonds. The number of hydrogen-bond donors (Lipinski definition) is 1. The predicted molar refractivity (Wildman–Crippen MR) is 115 cm³/mol. The number of benzene rings is 1. The van der Waals surface area contributed by atoms with E-state index < -0.39 is 17.4 Å². The maximum absolute atomic E-state index is 14.4. The highest BCUT2D eigenvalue weighted by Gasteiger charge is 2.49. The van der Waals surface area contributed by atoms with Crippen molar-refractivity contribution in [3.8, 4) is 11.3 Å². The number of carbonyl (C=O) groups is 1. The van der Waals surface area contributed by atoms with E-state index in [1.165, 1.54) is 18.2 Å². The van der Waals surface area contributed by atoms with Crippen LogP contribution >= 0.6 is 0 Å². The van der Waals surface area contributed by atoms with Gasteiger partial charge in [0, 0.05) is 18.7 Å². The minimum atomic E-state index is -0.699. The van der Waals surface area contributed by atoms with Crippen LogP contribution in [0.1, 0.15) is 27.3 Å². The molecule has 1 aromatic carbocycles. The van der Waals surface area contributed by atoms with Crippen molar-refractivity contribution in [1.82, 2.24) is 15.3 Å². The van der Waals surface area contributed by atoms with Crippen LogP contribution in [0.4, 0.5) is 14.5 Å². The van der Waals surface area contributed by atoms with Gasteiger partial charge in [-0.3, -0.25) is 9.78 Å². The number of hydrogen-bond acceptors (Lipinski definition) is 6. The van der Waals surface area contributed by atoms with Crippen molar-refractivity contribution in [1.29, 1.82) is 0 Å². The topological polar surface area (TPSA) is 76.6 Å². The SMILES string of the molecule is O=C1NCc2nc(-c3c(F)cccc3F)cc(Cc3ccc(N4CCOC45COC5)cn3)c21. The Bertz CT molecular complexity index is 1240. The third-order valence-electron chi connectivity index (χ3n) is 6.36. The third kappa shape index (κ3) is 3.27. The third-order valence-corrected chi connectivity index (χ3v) is 6.36. The molecule has 3 aromatic rings.